The summed E-state index contributed by atoms with van der Waals surface area (Å²) in [5.41, 5.74) is -0.181. The van der Waals surface area contributed by atoms with E-state index in [1.54, 1.807) is 19.0 Å². The van der Waals surface area contributed by atoms with Gasteiger partial charge in [-0.15, -0.1) is 0 Å². The Morgan fingerprint density at radius 1 is 1.10 bits per heavy atom. The van der Waals surface area contributed by atoms with Crippen LogP contribution in [0.3, 0.4) is 0 Å². The molecule has 0 radical (unpaired) electrons. The number of hydrogen-bond acceptors (Lipinski definition) is 2. The van der Waals surface area contributed by atoms with Crippen molar-refractivity contribution in [1.29, 1.82) is 0 Å². The van der Waals surface area contributed by atoms with Gasteiger partial charge < -0.3 is 10.2 Å². The molecule has 0 spiro atoms. The standard InChI is InChI=1S/C21H21F5N2O/c1-28(2)18(19-16(22)4-3-5-17(19)23)11-27-20(29)15-10-14(15)12-6-8-13(9-7-12)21(24,25)26/h3-9,14-15,18H,10-11H2,1-2H3,(H,27,29). The van der Waals surface area contributed by atoms with Crippen LogP contribution in [0.5, 0.6) is 0 Å². The first-order valence-electron chi connectivity index (χ1n) is 9.14. The number of likely N-dealkylation sites (N-methyl/N-ethyl adjacent to an activating group) is 1. The van der Waals surface area contributed by atoms with Crippen LogP contribution in [-0.4, -0.2) is 31.4 Å². The van der Waals surface area contributed by atoms with E-state index in [9.17, 15) is 26.7 Å². The van der Waals surface area contributed by atoms with Crippen molar-refractivity contribution in [2.45, 2.75) is 24.6 Å². The highest BCUT2D eigenvalue weighted by molar-refractivity contribution is 5.83. The molecule has 29 heavy (non-hydrogen) atoms. The van der Waals surface area contributed by atoms with Crippen LogP contribution in [0.1, 0.15) is 35.1 Å². The highest BCUT2D eigenvalue weighted by Gasteiger charge is 2.44. The molecule has 0 aromatic heterocycles. The van der Waals surface area contributed by atoms with E-state index < -0.39 is 29.4 Å². The maximum absolute atomic E-state index is 14.1. The monoisotopic (exact) mass is 412 g/mol. The van der Waals surface area contributed by atoms with E-state index in [-0.39, 0.29) is 29.9 Å². The summed E-state index contributed by atoms with van der Waals surface area (Å²) in [5, 5.41) is 2.72. The lowest BCUT2D eigenvalue weighted by Gasteiger charge is -2.26. The molecule has 8 heteroatoms. The smallest absolute Gasteiger partial charge is 0.354 e. The second-order valence-electron chi connectivity index (χ2n) is 7.43. The number of benzene rings is 2. The lowest BCUT2D eigenvalue weighted by Crippen LogP contribution is -2.36. The van der Waals surface area contributed by atoms with E-state index in [2.05, 4.69) is 5.32 Å². The Bertz CT molecular complexity index is 859. The third kappa shape index (κ3) is 4.75. The minimum atomic E-state index is -4.40. The first-order valence-corrected chi connectivity index (χ1v) is 9.14. The highest BCUT2D eigenvalue weighted by atomic mass is 19.4. The molecule has 0 saturated heterocycles. The maximum atomic E-state index is 14.1. The number of hydrogen-bond donors (Lipinski definition) is 1. The third-order valence-corrected chi connectivity index (χ3v) is 5.22. The Kier molecular flexibility index (Phi) is 5.93. The van der Waals surface area contributed by atoms with Crippen LogP contribution >= 0.6 is 0 Å². The lowest BCUT2D eigenvalue weighted by molar-refractivity contribution is -0.137. The minimum Gasteiger partial charge on any atom is -0.354 e. The fraction of sp³-hybridized carbons (Fsp3) is 0.381. The number of rotatable bonds is 6. The molecule has 156 valence electrons. The molecule has 1 amide bonds. The van der Waals surface area contributed by atoms with E-state index in [4.69, 9.17) is 0 Å². The summed E-state index contributed by atoms with van der Waals surface area (Å²) in [6.07, 6.45) is -3.88. The first kappa shape index (κ1) is 21.2. The molecule has 2 aromatic rings. The molecular formula is C21H21F5N2O. The van der Waals surface area contributed by atoms with E-state index in [0.717, 1.165) is 24.3 Å². The van der Waals surface area contributed by atoms with Gasteiger partial charge in [0.05, 0.1) is 11.6 Å². The Morgan fingerprint density at radius 3 is 2.21 bits per heavy atom. The Balaban J connectivity index is 1.62. The van der Waals surface area contributed by atoms with Crippen molar-refractivity contribution in [3.63, 3.8) is 0 Å². The molecule has 3 unspecified atom stereocenters. The zero-order valence-corrected chi connectivity index (χ0v) is 15.9. The van der Waals surface area contributed by atoms with Crippen LogP contribution in [0.4, 0.5) is 22.0 Å². The first-order chi connectivity index (χ1) is 13.6. The summed E-state index contributed by atoms with van der Waals surface area (Å²) in [7, 11) is 3.32. The van der Waals surface area contributed by atoms with Gasteiger partial charge in [0.2, 0.25) is 5.91 Å². The molecule has 1 fully saturated rings. The summed E-state index contributed by atoms with van der Waals surface area (Å²) in [6, 6.07) is 7.70. The van der Waals surface area contributed by atoms with Gasteiger partial charge in [-0.3, -0.25) is 4.79 Å². The molecule has 1 saturated carbocycles. The summed E-state index contributed by atoms with van der Waals surface area (Å²) < 4.78 is 66.2. The number of nitrogens with zero attached hydrogens (tertiary/aromatic N) is 1. The number of alkyl halides is 3. The molecule has 3 rings (SSSR count). The predicted molar refractivity (Wildman–Crippen MR) is 98.1 cm³/mol. The number of carbonyl (C=O) groups is 1. The highest BCUT2D eigenvalue weighted by Crippen LogP contribution is 2.48. The van der Waals surface area contributed by atoms with Crippen molar-refractivity contribution in [2.24, 2.45) is 5.92 Å². The molecule has 3 nitrogen and oxygen atoms in total. The molecule has 1 aliphatic rings. The summed E-state index contributed by atoms with van der Waals surface area (Å²) in [6.45, 7) is 0.0138. The fourth-order valence-corrected chi connectivity index (χ4v) is 3.47. The van der Waals surface area contributed by atoms with Crippen molar-refractivity contribution in [2.75, 3.05) is 20.6 Å². The van der Waals surface area contributed by atoms with E-state index in [1.165, 1.54) is 18.2 Å². The van der Waals surface area contributed by atoms with Crippen molar-refractivity contribution in [3.8, 4) is 0 Å². The minimum absolute atomic E-state index is 0.0138. The van der Waals surface area contributed by atoms with Crippen LogP contribution in [0, 0.1) is 17.6 Å². The SMILES string of the molecule is CN(C)C(CNC(=O)C1CC1c1ccc(C(F)(F)F)cc1)c1c(F)cccc1F. The van der Waals surface area contributed by atoms with Crippen LogP contribution in [-0.2, 0) is 11.0 Å². The van der Waals surface area contributed by atoms with E-state index >= 15 is 0 Å². The van der Waals surface area contributed by atoms with Crippen LogP contribution in [0.15, 0.2) is 42.5 Å². The molecule has 1 N–H and O–H groups in total. The van der Waals surface area contributed by atoms with Gasteiger partial charge in [-0.25, -0.2) is 8.78 Å². The van der Waals surface area contributed by atoms with Gasteiger partial charge in [0.15, 0.2) is 0 Å². The van der Waals surface area contributed by atoms with Crippen molar-refractivity contribution >= 4 is 5.91 Å². The summed E-state index contributed by atoms with van der Waals surface area (Å²) in [5.74, 6) is -2.17. The lowest BCUT2D eigenvalue weighted by atomic mass is 10.0. The third-order valence-electron chi connectivity index (χ3n) is 5.22. The van der Waals surface area contributed by atoms with Crippen molar-refractivity contribution in [3.05, 3.63) is 70.8 Å². The van der Waals surface area contributed by atoms with E-state index in [0.29, 0.717) is 12.0 Å². The zero-order chi connectivity index (χ0) is 21.3. The number of halogens is 5. The zero-order valence-electron chi connectivity index (χ0n) is 15.9. The van der Waals surface area contributed by atoms with Crippen LogP contribution in [0.2, 0.25) is 0 Å². The van der Waals surface area contributed by atoms with Gasteiger partial charge >= 0.3 is 6.18 Å². The van der Waals surface area contributed by atoms with Crippen LogP contribution in [0.25, 0.3) is 0 Å². The number of carbonyl (C=O) groups excluding carboxylic acids is 1. The maximum Gasteiger partial charge on any atom is 0.416 e. The van der Waals surface area contributed by atoms with Gasteiger partial charge in [0.1, 0.15) is 11.6 Å². The largest absolute Gasteiger partial charge is 0.416 e. The molecule has 0 aliphatic heterocycles. The van der Waals surface area contributed by atoms with Gasteiger partial charge in [0, 0.05) is 18.0 Å². The van der Waals surface area contributed by atoms with Gasteiger partial charge in [-0.1, -0.05) is 18.2 Å². The fourth-order valence-electron chi connectivity index (χ4n) is 3.47. The normalized spacial score (nSPS) is 19.9. The molecule has 2 aromatic carbocycles. The van der Waals surface area contributed by atoms with E-state index in [1.807, 2.05) is 0 Å². The molecule has 0 heterocycles. The van der Waals surface area contributed by atoms with Crippen molar-refractivity contribution < 1.29 is 26.7 Å². The number of nitrogens with one attached hydrogen (secondary N) is 1. The molecule has 1 aliphatic carbocycles. The van der Waals surface area contributed by atoms with Crippen LogP contribution < -0.4 is 5.32 Å². The topological polar surface area (TPSA) is 32.3 Å². The quantitative estimate of drug-likeness (QED) is 0.709. The molecule has 3 atom stereocenters. The van der Waals surface area contributed by atoms with Gasteiger partial charge in [0.25, 0.3) is 0 Å². The Labute approximate surface area is 165 Å². The average Bonchev–Trinajstić information content (AvgIpc) is 3.44. The second-order valence-corrected chi connectivity index (χ2v) is 7.43. The number of amides is 1. The van der Waals surface area contributed by atoms with Gasteiger partial charge in [-0.2, -0.15) is 13.2 Å². The molecular weight excluding hydrogens is 391 g/mol. The summed E-state index contributed by atoms with van der Waals surface area (Å²) in [4.78, 5) is 14.1. The van der Waals surface area contributed by atoms with Crippen molar-refractivity contribution in [1.82, 2.24) is 10.2 Å². The molecule has 0 bridgehead atoms. The second kappa shape index (κ2) is 8.10. The van der Waals surface area contributed by atoms with Gasteiger partial charge in [-0.05, 0) is 56.3 Å². The Hall–Kier alpha value is -2.48. The summed E-state index contributed by atoms with van der Waals surface area (Å²) >= 11 is 0. The predicted octanol–water partition coefficient (Wildman–Crippen LogP) is 4.51. The Morgan fingerprint density at radius 2 is 1.69 bits per heavy atom. The average molecular weight is 412 g/mol.